The van der Waals surface area contributed by atoms with Gasteiger partial charge in [-0.15, -0.1) is 11.8 Å². The van der Waals surface area contributed by atoms with Crippen LogP contribution in [0.15, 0.2) is 29.2 Å². The van der Waals surface area contributed by atoms with Gasteiger partial charge in [0.05, 0.1) is 5.69 Å². The van der Waals surface area contributed by atoms with Crippen molar-refractivity contribution in [3.05, 3.63) is 24.3 Å². The maximum Gasteiger partial charge on any atom is 0.279 e. The molecule has 1 aromatic carbocycles. The number of para-hydroxylation sites is 1. The lowest BCUT2D eigenvalue weighted by molar-refractivity contribution is -0.907. The molecule has 1 saturated heterocycles. The maximum atomic E-state index is 12.2. The first-order chi connectivity index (χ1) is 9.58. The monoisotopic (exact) mass is 295 g/mol. The number of amides is 1. The third-order valence-electron chi connectivity index (χ3n) is 3.41. The van der Waals surface area contributed by atoms with Crippen LogP contribution in [0.4, 0.5) is 5.69 Å². The number of hydrogen-bond acceptors (Lipinski definition) is 3. The van der Waals surface area contributed by atoms with Gasteiger partial charge < -0.3 is 15.0 Å². The van der Waals surface area contributed by atoms with E-state index in [1.807, 2.05) is 30.5 Å². The number of hydrogen-bond donors (Lipinski definition) is 2. The Balaban J connectivity index is 1.92. The number of morpholine rings is 1. The second-order valence-electron chi connectivity index (χ2n) is 5.34. The molecule has 5 heteroatoms. The minimum atomic E-state index is 0.0720. The number of ether oxygens (including phenoxy) is 1. The molecule has 1 aliphatic rings. The number of thioether (sulfide) groups is 1. The molecule has 2 rings (SSSR count). The molecule has 0 aromatic heterocycles. The lowest BCUT2D eigenvalue weighted by Crippen LogP contribution is -3.16. The summed E-state index contributed by atoms with van der Waals surface area (Å²) in [6.45, 7) is 6.41. The van der Waals surface area contributed by atoms with Crippen molar-refractivity contribution in [3.63, 3.8) is 0 Å². The van der Waals surface area contributed by atoms with E-state index in [2.05, 4.69) is 19.2 Å². The van der Waals surface area contributed by atoms with E-state index in [0.29, 0.717) is 6.54 Å². The number of quaternary nitrogens is 1. The predicted octanol–water partition coefficient (Wildman–Crippen LogP) is 1.04. The van der Waals surface area contributed by atoms with Crippen LogP contribution in [0, 0.1) is 0 Å². The fourth-order valence-corrected chi connectivity index (χ4v) is 3.26. The Morgan fingerprint density at radius 1 is 1.35 bits per heavy atom. The zero-order valence-corrected chi connectivity index (χ0v) is 13.1. The number of rotatable bonds is 4. The summed E-state index contributed by atoms with van der Waals surface area (Å²) in [6, 6.07) is 7.90. The van der Waals surface area contributed by atoms with Gasteiger partial charge in [-0.1, -0.05) is 12.1 Å². The molecule has 1 aromatic rings. The lowest BCUT2D eigenvalue weighted by Gasteiger charge is -2.31. The zero-order valence-electron chi connectivity index (χ0n) is 12.3. The smallest absolute Gasteiger partial charge is 0.279 e. The van der Waals surface area contributed by atoms with Crippen molar-refractivity contribution in [3.8, 4) is 0 Å². The molecule has 1 aliphatic heterocycles. The van der Waals surface area contributed by atoms with Crippen LogP contribution in [0.3, 0.4) is 0 Å². The van der Waals surface area contributed by atoms with Crippen LogP contribution in [-0.4, -0.2) is 44.0 Å². The highest BCUT2D eigenvalue weighted by Gasteiger charge is 2.27. The Morgan fingerprint density at radius 2 is 2.00 bits per heavy atom. The summed E-state index contributed by atoms with van der Waals surface area (Å²) in [4.78, 5) is 14.6. The highest BCUT2D eigenvalue weighted by atomic mass is 32.2. The largest absolute Gasteiger partial charge is 0.364 e. The molecule has 20 heavy (non-hydrogen) atoms. The van der Waals surface area contributed by atoms with Gasteiger partial charge in [0.1, 0.15) is 25.3 Å². The lowest BCUT2D eigenvalue weighted by atomic mass is 10.2. The molecule has 1 amide bonds. The van der Waals surface area contributed by atoms with Gasteiger partial charge in [0.15, 0.2) is 6.54 Å². The van der Waals surface area contributed by atoms with Crippen molar-refractivity contribution < 1.29 is 14.4 Å². The molecule has 0 radical (unpaired) electrons. The SMILES string of the molecule is CSc1ccccc1NC(=O)C[NH+]1C[C@H](C)O[C@@H](C)C1. The first kappa shape index (κ1) is 15.4. The van der Waals surface area contributed by atoms with E-state index in [4.69, 9.17) is 4.74 Å². The summed E-state index contributed by atoms with van der Waals surface area (Å²) in [5, 5.41) is 3.02. The number of benzene rings is 1. The molecule has 0 spiro atoms. The zero-order chi connectivity index (χ0) is 14.5. The highest BCUT2D eigenvalue weighted by molar-refractivity contribution is 7.98. The molecular weight excluding hydrogens is 272 g/mol. The Bertz CT molecular complexity index is 457. The summed E-state index contributed by atoms with van der Waals surface area (Å²) >= 11 is 1.64. The van der Waals surface area contributed by atoms with Crippen molar-refractivity contribution in [2.24, 2.45) is 0 Å². The fourth-order valence-electron chi connectivity index (χ4n) is 2.70. The number of anilines is 1. The summed E-state index contributed by atoms with van der Waals surface area (Å²) in [6.07, 6.45) is 2.46. The van der Waals surface area contributed by atoms with Gasteiger partial charge in [0.25, 0.3) is 5.91 Å². The molecule has 2 N–H and O–H groups in total. The standard InChI is InChI=1S/C15H22N2O2S/c1-11-8-17(9-12(2)19-11)10-15(18)16-13-6-4-5-7-14(13)20-3/h4-7,11-12H,8-10H2,1-3H3,(H,16,18)/p+1/t11-,12-/m0/s1. The quantitative estimate of drug-likeness (QED) is 0.816. The summed E-state index contributed by atoms with van der Waals surface area (Å²) in [5.41, 5.74) is 0.902. The van der Waals surface area contributed by atoms with Crippen LogP contribution >= 0.6 is 11.8 Å². The van der Waals surface area contributed by atoms with Crippen LogP contribution in [0.25, 0.3) is 0 Å². The molecule has 4 nitrogen and oxygen atoms in total. The van der Waals surface area contributed by atoms with Gasteiger partial charge in [-0.2, -0.15) is 0 Å². The number of carbonyl (C=O) groups is 1. The number of nitrogens with one attached hydrogen (secondary N) is 2. The minimum Gasteiger partial charge on any atom is -0.364 e. The Hall–Kier alpha value is -1.04. The molecular formula is C15H23N2O2S+. The van der Waals surface area contributed by atoms with Gasteiger partial charge in [-0.05, 0) is 32.2 Å². The van der Waals surface area contributed by atoms with Gasteiger partial charge in [0.2, 0.25) is 0 Å². The minimum absolute atomic E-state index is 0.0720. The van der Waals surface area contributed by atoms with Crippen molar-refractivity contribution in [1.29, 1.82) is 0 Å². The van der Waals surface area contributed by atoms with Crippen LogP contribution in [-0.2, 0) is 9.53 Å². The second-order valence-corrected chi connectivity index (χ2v) is 6.19. The first-order valence-electron chi connectivity index (χ1n) is 7.00. The third kappa shape index (κ3) is 4.23. The molecule has 1 heterocycles. The summed E-state index contributed by atoms with van der Waals surface area (Å²) in [7, 11) is 0. The van der Waals surface area contributed by atoms with E-state index in [0.717, 1.165) is 23.7 Å². The van der Waals surface area contributed by atoms with Gasteiger partial charge >= 0.3 is 0 Å². The van der Waals surface area contributed by atoms with Crippen molar-refractivity contribution in [2.45, 2.75) is 31.0 Å². The molecule has 110 valence electrons. The van der Waals surface area contributed by atoms with Gasteiger partial charge in [-0.3, -0.25) is 4.79 Å². The van der Waals surface area contributed by atoms with Crippen LogP contribution in [0.1, 0.15) is 13.8 Å². The Labute approximate surface area is 124 Å². The molecule has 2 atom stereocenters. The highest BCUT2D eigenvalue weighted by Crippen LogP contribution is 2.24. The molecule has 0 aliphatic carbocycles. The van der Waals surface area contributed by atoms with E-state index >= 15 is 0 Å². The van der Waals surface area contributed by atoms with E-state index in [1.54, 1.807) is 11.8 Å². The van der Waals surface area contributed by atoms with Crippen molar-refractivity contribution in [1.82, 2.24) is 0 Å². The second kappa shape index (κ2) is 7.11. The van der Waals surface area contributed by atoms with Crippen molar-refractivity contribution >= 4 is 23.4 Å². The topological polar surface area (TPSA) is 42.8 Å². The molecule has 0 unspecified atom stereocenters. The average molecular weight is 295 g/mol. The van der Waals surface area contributed by atoms with Gasteiger partial charge in [0, 0.05) is 4.90 Å². The van der Waals surface area contributed by atoms with Crippen LogP contribution < -0.4 is 10.2 Å². The summed E-state index contributed by atoms with van der Waals surface area (Å²) < 4.78 is 5.70. The maximum absolute atomic E-state index is 12.2. The normalized spacial score (nSPS) is 26.2. The van der Waals surface area contributed by atoms with Crippen LogP contribution in [0.2, 0.25) is 0 Å². The molecule has 0 bridgehead atoms. The summed E-state index contributed by atoms with van der Waals surface area (Å²) in [5.74, 6) is 0.0720. The van der Waals surface area contributed by atoms with E-state index in [9.17, 15) is 4.79 Å². The predicted molar refractivity (Wildman–Crippen MR) is 82.4 cm³/mol. The fraction of sp³-hybridized carbons (Fsp3) is 0.533. The van der Waals surface area contributed by atoms with Gasteiger partial charge in [-0.25, -0.2) is 0 Å². The van der Waals surface area contributed by atoms with E-state index < -0.39 is 0 Å². The van der Waals surface area contributed by atoms with E-state index in [-0.39, 0.29) is 18.1 Å². The van der Waals surface area contributed by atoms with Crippen LogP contribution in [0.5, 0.6) is 0 Å². The average Bonchev–Trinajstić information content (AvgIpc) is 2.37. The first-order valence-corrected chi connectivity index (χ1v) is 8.23. The Morgan fingerprint density at radius 3 is 2.65 bits per heavy atom. The van der Waals surface area contributed by atoms with E-state index in [1.165, 1.54) is 4.90 Å². The number of carbonyl (C=O) groups excluding carboxylic acids is 1. The molecule has 1 fully saturated rings. The molecule has 0 saturated carbocycles. The third-order valence-corrected chi connectivity index (χ3v) is 4.20. The van der Waals surface area contributed by atoms with Crippen molar-refractivity contribution in [2.75, 3.05) is 31.2 Å². The Kier molecular flexibility index (Phi) is 5.46.